The number of carbonyl (C=O) groups is 3. The SMILES string of the molecule is CC\C=C/C=C\C=C/C=C\CCCCCC(=O)OC(COC(=O)CCC/C=C\C/C=C\C/C=C\CCCCCCCC)COC(=O)CCCCCCC/C=C\CCCC. The van der Waals surface area contributed by atoms with Crippen molar-refractivity contribution in [3.8, 4) is 0 Å². The van der Waals surface area contributed by atoms with E-state index in [1.165, 1.54) is 70.6 Å². The Morgan fingerprint density at radius 2 is 0.763 bits per heavy atom. The van der Waals surface area contributed by atoms with Gasteiger partial charge < -0.3 is 14.2 Å². The Morgan fingerprint density at radius 3 is 1.34 bits per heavy atom. The molecule has 0 aromatic carbocycles. The molecule has 0 amide bonds. The normalized spacial score (nSPS) is 12.9. The molecule has 0 aromatic rings. The van der Waals surface area contributed by atoms with Gasteiger partial charge in [-0.05, 0) is 89.9 Å². The molecular formula is C53H86O6. The maximum atomic E-state index is 12.7. The zero-order chi connectivity index (χ0) is 43.0. The number of ether oxygens (including phenoxy) is 3. The fourth-order valence-electron chi connectivity index (χ4n) is 6.04. The molecule has 0 aliphatic carbocycles. The largest absolute Gasteiger partial charge is 0.462 e. The molecule has 0 aliphatic rings. The number of rotatable bonds is 41. The van der Waals surface area contributed by atoms with Gasteiger partial charge in [-0.15, -0.1) is 0 Å². The van der Waals surface area contributed by atoms with Crippen LogP contribution in [-0.2, 0) is 28.6 Å². The van der Waals surface area contributed by atoms with Gasteiger partial charge in [-0.2, -0.15) is 0 Å². The molecule has 1 atom stereocenters. The Balaban J connectivity index is 4.53. The van der Waals surface area contributed by atoms with Crippen LogP contribution in [0.2, 0.25) is 0 Å². The van der Waals surface area contributed by atoms with Crippen LogP contribution in [-0.4, -0.2) is 37.2 Å². The summed E-state index contributed by atoms with van der Waals surface area (Å²) in [6.45, 7) is 6.34. The van der Waals surface area contributed by atoms with E-state index in [-0.39, 0.29) is 44.0 Å². The van der Waals surface area contributed by atoms with Gasteiger partial charge in [0.05, 0.1) is 0 Å². The first-order valence-corrected chi connectivity index (χ1v) is 23.8. The summed E-state index contributed by atoms with van der Waals surface area (Å²) in [6.07, 6.45) is 61.1. The number of esters is 3. The van der Waals surface area contributed by atoms with E-state index in [0.717, 1.165) is 77.0 Å². The molecule has 0 fully saturated rings. The van der Waals surface area contributed by atoms with E-state index in [0.29, 0.717) is 19.3 Å². The molecule has 0 spiro atoms. The number of allylic oxidation sites excluding steroid dienone is 16. The van der Waals surface area contributed by atoms with Crippen molar-refractivity contribution >= 4 is 17.9 Å². The van der Waals surface area contributed by atoms with Gasteiger partial charge in [0.25, 0.3) is 0 Å². The Kier molecular flexibility index (Phi) is 44.1. The van der Waals surface area contributed by atoms with Crippen molar-refractivity contribution in [2.75, 3.05) is 13.2 Å². The topological polar surface area (TPSA) is 78.9 Å². The van der Waals surface area contributed by atoms with E-state index in [9.17, 15) is 14.4 Å². The predicted molar refractivity (Wildman–Crippen MR) is 251 cm³/mol. The van der Waals surface area contributed by atoms with Crippen LogP contribution in [0.4, 0.5) is 0 Å². The predicted octanol–water partition coefficient (Wildman–Crippen LogP) is 15.4. The second-order valence-electron chi connectivity index (χ2n) is 15.4. The maximum absolute atomic E-state index is 12.7. The molecule has 0 aliphatic heterocycles. The average molecular weight is 819 g/mol. The van der Waals surface area contributed by atoms with Crippen molar-refractivity contribution in [1.82, 2.24) is 0 Å². The summed E-state index contributed by atoms with van der Waals surface area (Å²) in [7, 11) is 0. The lowest BCUT2D eigenvalue weighted by molar-refractivity contribution is -0.167. The minimum absolute atomic E-state index is 0.115. The van der Waals surface area contributed by atoms with Crippen molar-refractivity contribution in [3.63, 3.8) is 0 Å². The van der Waals surface area contributed by atoms with Gasteiger partial charge >= 0.3 is 17.9 Å². The third-order valence-electron chi connectivity index (χ3n) is 9.64. The lowest BCUT2D eigenvalue weighted by Gasteiger charge is -2.18. The molecule has 0 radical (unpaired) electrons. The van der Waals surface area contributed by atoms with Crippen molar-refractivity contribution in [3.05, 3.63) is 97.2 Å². The zero-order valence-corrected chi connectivity index (χ0v) is 38.0. The minimum atomic E-state index is -0.820. The van der Waals surface area contributed by atoms with E-state index >= 15 is 0 Å². The fraction of sp³-hybridized carbons (Fsp3) is 0.642. The highest BCUT2D eigenvalue weighted by molar-refractivity contribution is 5.71. The van der Waals surface area contributed by atoms with Gasteiger partial charge in [-0.25, -0.2) is 0 Å². The lowest BCUT2D eigenvalue weighted by Crippen LogP contribution is -2.30. The van der Waals surface area contributed by atoms with Gasteiger partial charge in [-0.3, -0.25) is 14.4 Å². The highest BCUT2D eigenvalue weighted by atomic mass is 16.6. The molecule has 6 heteroatoms. The Labute approximate surface area is 362 Å². The quantitative estimate of drug-likeness (QED) is 0.0201. The Hall–Kier alpha value is -3.67. The highest BCUT2D eigenvalue weighted by Gasteiger charge is 2.19. The molecule has 6 nitrogen and oxygen atoms in total. The molecule has 0 aromatic heterocycles. The zero-order valence-electron chi connectivity index (χ0n) is 38.0. The van der Waals surface area contributed by atoms with Crippen LogP contribution < -0.4 is 0 Å². The lowest BCUT2D eigenvalue weighted by atomic mass is 10.1. The first-order valence-electron chi connectivity index (χ1n) is 23.8. The third-order valence-corrected chi connectivity index (χ3v) is 9.64. The summed E-state index contributed by atoms with van der Waals surface area (Å²) in [6, 6.07) is 0. The van der Waals surface area contributed by atoms with Crippen molar-refractivity contribution in [2.24, 2.45) is 0 Å². The van der Waals surface area contributed by atoms with Gasteiger partial charge in [-0.1, -0.05) is 189 Å². The van der Waals surface area contributed by atoms with E-state index < -0.39 is 6.10 Å². The van der Waals surface area contributed by atoms with E-state index in [2.05, 4.69) is 81.5 Å². The van der Waals surface area contributed by atoms with Crippen LogP contribution in [0, 0.1) is 0 Å². The minimum Gasteiger partial charge on any atom is -0.462 e. The van der Waals surface area contributed by atoms with Crippen molar-refractivity contribution in [2.45, 2.75) is 207 Å². The molecule has 0 saturated heterocycles. The van der Waals surface area contributed by atoms with Gasteiger partial charge in [0.2, 0.25) is 0 Å². The molecule has 0 bridgehead atoms. The van der Waals surface area contributed by atoms with E-state index in [4.69, 9.17) is 14.2 Å². The van der Waals surface area contributed by atoms with Crippen LogP contribution in [0.1, 0.15) is 201 Å². The number of hydrogen-bond acceptors (Lipinski definition) is 6. The molecule has 0 rings (SSSR count). The molecule has 0 N–H and O–H groups in total. The van der Waals surface area contributed by atoms with Crippen LogP contribution in [0.5, 0.6) is 0 Å². The Bertz CT molecular complexity index is 1220. The molecule has 334 valence electrons. The second kappa shape index (κ2) is 47.0. The van der Waals surface area contributed by atoms with Crippen LogP contribution in [0.3, 0.4) is 0 Å². The van der Waals surface area contributed by atoms with Crippen LogP contribution in [0.15, 0.2) is 97.2 Å². The number of carbonyl (C=O) groups excluding carboxylic acids is 3. The van der Waals surface area contributed by atoms with Gasteiger partial charge in [0.1, 0.15) is 13.2 Å². The molecular weight excluding hydrogens is 733 g/mol. The standard InChI is InChI=1S/C53H86O6/c1-4-7-10-13-16-19-22-24-25-26-27-29-31-34-37-40-43-46-52(55)58-49-50(48-57-51(54)45-42-39-36-33-30-21-18-15-12-9-6-3)59-53(56)47-44-41-38-35-32-28-23-20-17-14-11-8-5-2/h8,11,14-15,17-18,20,23-25,27-29,32,34,37,50H,4-7,9-10,12-13,16,19,21-22,26,30-31,33,35-36,38-49H2,1-3H3/b11-8-,17-14-,18-15-,23-20-,25-24-,29-27-,32-28-,37-34-. The molecule has 0 saturated carbocycles. The smallest absolute Gasteiger partial charge is 0.306 e. The van der Waals surface area contributed by atoms with Gasteiger partial charge in [0, 0.05) is 19.3 Å². The van der Waals surface area contributed by atoms with E-state index in [1.807, 2.05) is 36.5 Å². The summed E-state index contributed by atoms with van der Waals surface area (Å²) in [5.41, 5.74) is 0. The maximum Gasteiger partial charge on any atom is 0.306 e. The van der Waals surface area contributed by atoms with Crippen LogP contribution in [0.25, 0.3) is 0 Å². The average Bonchev–Trinajstić information content (AvgIpc) is 3.23. The monoisotopic (exact) mass is 819 g/mol. The summed E-state index contributed by atoms with van der Waals surface area (Å²) in [4.78, 5) is 37.8. The van der Waals surface area contributed by atoms with Crippen LogP contribution >= 0.6 is 0 Å². The second-order valence-corrected chi connectivity index (χ2v) is 15.4. The first kappa shape index (κ1) is 55.3. The summed E-state index contributed by atoms with van der Waals surface area (Å²) >= 11 is 0. The van der Waals surface area contributed by atoms with Crippen molar-refractivity contribution < 1.29 is 28.6 Å². The first-order chi connectivity index (χ1) is 29.0. The number of hydrogen-bond donors (Lipinski definition) is 0. The molecule has 59 heavy (non-hydrogen) atoms. The third kappa shape index (κ3) is 45.3. The summed E-state index contributed by atoms with van der Waals surface area (Å²) in [5.74, 6) is -1.03. The van der Waals surface area contributed by atoms with Crippen molar-refractivity contribution in [1.29, 1.82) is 0 Å². The highest BCUT2D eigenvalue weighted by Crippen LogP contribution is 2.12. The molecule has 1 unspecified atom stereocenters. The summed E-state index contributed by atoms with van der Waals surface area (Å²) in [5, 5.41) is 0. The molecule has 0 heterocycles. The van der Waals surface area contributed by atoms with Gasteiger partial charge in [0.15, 0.2) is 6.10 Å². The Morgan fingerprint density at radius 1 is 0.373 bits per heavy atom. The number of unbranched alkanes of at least 4 members (excludes halogenated alkanes) is 17. The summed E-state index contributed by atoms with van der Waals surface area (Å²) < 4.78 is 16.6. The fourth-order valence-corrected chi connectivity index (χ4v) is 6.04. The van der Waals surface area contributed by atoms with E-state index in [1.54, 1.807) is 0 Å².